The first-order valence-electron chi connectivity index (χ1n) is 8.63. The smallest absolute Gasteiger partial charge is 0.310 e. The molecule has 7 nitrogen and oxygen atoms in total. The molecule has 1 aliphatic heterocycles. The maximum Gasteiger partial charge on any atom is 0.310 e. The number of hydrogen-bond acceptors (Lipinski definition) is 5. The number of hydrogen-bond donors (Lipinski definition) is 1. The van der Waals surface area contributed by atoms with Gasteiger partial charge in [0.1, 0.15) is 5.15 Å². The molecule has 3 aromatic rings. The van der Waals surface area contributed by atoms with E-state index in [0.717, 1.165) is 10.9 Å². The van der Waals surface area contributed by atoms with Crippen LogP contribution in [0.15, 0.2) is 41.2 Å². The highest BCUT2D eigenvalue weighted by Gasteiger charge is 2.27. The monoisotopic (exact) mass is 384 g/mol. The topological polar surface area (TPSA) is 90.1 Å². The number of nitrogens with zero attached hydrogens (tertiary/aromatic N) is 3. The quantitative estimate of drug-likeness (QED) is 0.423. The Bertz CT molecular complexity index is 1130. The zero-order chi connectivity index (χ0) is 19.1. The molecule has 2 aromatic heterocycles. The van der Waals surface area contributed by atoms with Crippen molar-refractivity contribution in [3.8, 4) is 0 Å². The van der Waals surface area contributed by atoms with Gasteiger partial charge in [-0.3, -0.25) is 19.5 Å². The van der Waals surface area contributed by atoms with Gasteiger partial charge in [-0.25, -0.2) is 4.98 Å². The van der Waals surface area contributed by atoms with Gasteiger partial charge >= 0.3 is 5.69 Å². The van der Waals surface area contributed by atoms with Crippen LogP contribution in [-0.4, -0.2) is 21.0 Å². The molecule has 0 radical (unpaired) electrons. The van der Waals surface area contributed by atoms with Gasteiger partial charge < -0.3 is 5.32 Å². The SMILES string of the molecule is CC1CNc2c([N+](=O)[O-])cc(Cc3cc4ccccc4nc3Cl)c(=O)n2C1. The van der Waals surface area contributed by atoms with E-state index in [-0.39, 0.29) is 29.4 Å². The van der Waals surface area contributed by atoms with Gasteiger partial charge in [-0.1, -0.05) is 36.7 Å². The Hall–Kier alpha value is -2.93. The number of halogens is 1. The molecule has 0 bridgehead atoms. The molecular weight excluding hydrogens is 368 g/mol. The first kappa shape index (κ1) is 17.5. The summed E-state index contributed by atoms with van der Waals surface area (Å²) in [6, 6.07) is 10.8. The Morgan fingerprint density at radius 2 is 2.11 bits per heavy atom. The van der Waals surface area contributed by atoms with Crippen molar-refractivity contribution in [2.75, 3.05) is 11.9 Å². The number of benzene rings is 1. The van der Waals surface area contributed by atoms with E-state index in [2.05, 4.69) is 10.3 Å². The second-order valence-corrected chi connectivity index (χ2v) is 7.23. The fraction of sp³-hybridized carbons (Fsp3) is 0.263. The lowest BCUT2D eigenvalue weighted by atomic mass is 10.0. The van der Waals surface area contributed by atoms with Crippen molar-refractivity contribution in [2.45, 2.75) is 19.9 Å². The third-order valence-electron chi connectivity index (χ3n) is 4.78. The molecule has 1 unspecified atom stereocenters. The van der Waals surface area contributed by atoms with Crippen LogP contribution in [0, 0.1) is 16.0 Å². The van der Waals surface area contributed by atoms with E-state index in [0.29, 0.717) is 29.4 Å². The predicted molar refractivity (Wildman–Crippen MR) is 105 cm³/mol. The van der Waals surface area contributed by atoms with E-state index in [9.17, 15) is 14.9 Å². The molecule has 0 saturated heterocycles. The van der Waals surface area contributed by atoms with Gasteiger partial charge in [0, 0.05) is 36.5 Å². The maximum atomic E-state index is 13.0. The summed E-state index contributed by atoms with van der Waals surface area (Å²) in [6.07, 6.45) is 0.186. The summed E-state index contributed by atoms with van der Waals surface area (Å²) in [5, 5.41) is 15.7. The second kappa shape index (κ2) is 6.66. The molecule has 4 rings (SSSR count). The van der Waals surface area contributed by atoms with Gasteiger partial charge in [-0.05, 0) is 23.6 Å². The summed E-state index contributed by atoms with van der Waals surface area (Å²) in [4.78, 5) is 28.4. The first-order valence-corrected chi connectivity index (χ1v) is 9.01. The van der Waals surface area contributed by atoms with E-state index < -0.39 is 4.92 Å². The molecule has 0 saturated carbocycles. The van der Waals surface area contributed by atoms with Crippen LogP contribution in [0.2, 0.25) is 5.15 Å². The van der Waals surface area contributed by atoms with Gasteiger partial charge in [0.15, 0.2) is 5.82 Å². The third-order valence-corrected chi connectivity index (χ3v) is 5.11. The third kappa shape index (κ3) is 3.14. The lowest BCUT2D eigenvalue weighted by Gasteiger charge is -2.25. The number of para-hydroxylation sites is 1. The van der Waals surface area contributed by atoms with Crippen LogP contribution >= 0.6 is 11.6 Å². The van der Waals surface area contributed by atoms with Gasteiger partial charge in [-0.15, -0.1) is 0 Å². The second-order valence-electron chi connectivity index (χ2n) is 6.87. The van der Waals surface area contributed by atoms with Crippen molar-refractivity contribution in [3.05, 3.63) is 73.1 Å². The maximum absolute atomic E-state index is 13.0. The van der Waals surface area contributed by atoms with Gasteiger partial charge in [0.25, 0.3) is 5.56 Å². The molecule has 1 atom stereocenters. The number of anilines is 1. The van der Waals surface area contributed by atoms with E-state index in [1.807, 2.05) is 37.3 Å². The van der Waals surface area contributed by atoms with Crippen molar-refractivity contribution in [1.82, 2.24) is 9.55 Å². The lowest BCUT2D eigenvalue weighted by molar-refractivity contribution is -0.384. The molecule has 27 heavy (non-hydrogen) atoms. The van der Waals surface area contributed by atoms with Gasteiger partial charge in [-0.2, -0.15) is 0 Å². The van der Waals surface area contributed by atoms with Crippen molar-refractivity contribution in [2.24, 2.45) is 5.92 Å². The molecular formula is C19H17ClN4O3. The van der Waals surface area contributed by atoms with E-state index >= 15 is 0 Å². The first-order chi connectivity index (χ1) is 12.9. The summed E-state index contributed by atoms with van der Waals surface area (Å²) in [6.45, 7) is 3.03. The molecule has 1 aromatic carbocycles. The molecule has 0 amide bonds. The standard InChI is InChI=1S/C19H17ClN4O3/c1-11-9-21-18-16(24(26)27)8-14(19(25)23(18)10-11)7-13-6-12-4-2-3-5-15(12)22-17(13)20/h2-6,8,11,21H,7,9-10H2,1H3. The van der Waals surface area contributed by atoms with Crippen LogP contribution in [0.25, 0.3) is 10.9 Å². The average molecular weight is 385 g/mol. The number of fused-ring (bicyclic) bond motifs is 2. The number of nitrogens with one attached hydrogen (secondary N) is 1. The number of aromatic nitrogens is 2. The molecule has 0 spiro atoms. The van der Waals surface area contributed by atoms with E-state index in [4.69, 9.17) is 11.6 Å². The molecule has 1 N–H and O–H groups in total. The number of nitro groups is 1. The fourth-order valence-corrected chi connectivity index (χ4v) is 3.66. The molecule has 138 valence electrons. The van der Waals surface area contributed by atoms with Crippen molar-refractivity contribution in [1.29, 1.82) is 0 Å². The van der Waals surface area contributed by atoms with Crippen LogP contribution in [0.3, 0.4) is 0 Å². The number of pyridine rings is 2. The Morgan fingerprint density at radius 3 is 2.89 bits per heavy atom. The summed E-state index contributed by atoms with van der Waals surface area (Å²) in [5.41, 5.74) is 1.43. The highest BCUT2D eigenvalue weighted by Crippen LogP contribution is 2.29. The van der Waals surface area contributed by atoms with Crippen molar-refractivity contribution in [3.63, 3.8) is 0 Å². The summed E-state index contributed by atoms with van der Waals surface area (Å²) >= 11 is 6.31. The van der Waals surface area contributed by atoms with Gasteiger partial charge in [0.05, 0.1) is 10.4 Å². The Labute approximate surface area is 159 Å². The van der Waals surface area contributed by atoms with E-state index in [1.54, 1.807) is 0 Å². The fourth-order valence-electron chi connectivity index (χ4n) is 3.45. The van der Waals surface area contributed by atoms with Crippen LogP contribution in [0.5, 0.6) is 0 Å². The normalized spacial score (nSPS) is 16.0. The van der Waals surface area contributed by atoms with Gasteiger partial charge in [0.2, 0.25) is 0 Å². The summed E-state index contributed by atoms with van der Waals surface area (Å²) in [5.74, 6) is 0.477. The summed E-state index contributed by atoms with van der Waals surface area (Å²) in [7, 11) is 0. The van der Waals surface area contributed by atoms with E-state index in [1.165, 1.54) is 10.6 Å². The minimum Gasteiger partial charge on any atom is -0.365 e. The minimum absolute atomic E-state index is 0.0960. The number of rotatable bonds is 3. The Balaban J connectivity index is 1.84. The van der Waals surface area contributed by atoms with Crippen molar-refractivity contribution < 1.29 is 4.92 Å². The molecule has 3 heterocycles. The van der Waals surface area contributed by atoms with Crippen LogP contribution in [0.1, 0.15) is 18.1 Å². The molecule has 0 aliphatic carbocycles. The zero-order valence-electron chi connectivity index (χ0n) is 14.6. The summed E-state index contributed by atoms with van der Waals surface area (Å²) < 4.78 is 1.46. The van der Waals surface area contributed by atoms with Crippen LogP contribution in [0.4, 0.5) is 11.5 Å². The Kier molecular flexibility index (Phi) is 4.31. The minimum atomic E-state index is -0.460. The highest BCUT2D eigenvalue weighted by atomic mass is 35.5. The molecule has 1 aliphatic rings. The highest BCUT2D eigenvalue weighted by molar-refractivity contribution is 6.30. The van der Waals surface area contributed by atoms with Crippen molar-refractivity contribution >= 4 is 34.0 Å². The van der Waals surface area contributed by atoms with Crippen LogP contribution in [-0.2, 0) is 13.0 Å². The largest absolute Gasteiger partial charge is 0.365 e. The predicted octanol–water partition coefficient (Wildman–Crippen LogP) is 3.61. The Morgan fingerprint density at radius 1 is 1.33 bits per heavy atom. The lowest BCUT2D eigenvalue weighted by Crippen LogP contribution is -2.35. The zero-order valence-corrected chi connectivity index (χ0v) is 15.4. The molecule has 8 heteroatoms. The average Bonchev–Trinajstić information content (AvgIpc) is 2.64. The molecule has 0 fully saturated rings. The van der Waals surface area contributed by atoms with Crippen LogP contribution < -0.4 is 10.9 Å².